The first-order valence-electron chi connectivity index (χ1n) is 8.02. The molecule has 1 aliphatic carbocycles. The van der Waals surface area contributed by atoms with Crippen LogP contribution in [0, 0.1) is 11.9 Å². The lowest BCUT2D eigenvalue weighted by Crippen LogP contribution is -2.52. The maximum Gasteiger partial charge on any atom is 0.272 e. The van der Waals surface area contributed by atoms with Crippen LogP contribution in [-0.2, 0) is 0 Å². The molecule has 0 unspecified atom stereocenters. The number of hydrogen-bond donors (Lipinski definition) is 2. The van der Waals surface area contributed by atoms with Gasteiger partial charge in [-0.2, -0.15) is 4.39 Å². The average Bonchev–Trinajstić information content (AvgIpc) is 3.42. The first kappa shape index (κ1) is 15.5. The van der Waals surface area contributed by atoms with Crippen molar-refractivity contribution in [3.63, 3.8) is 0 Å². The molecular weight excluding hydrogens is 333 g/mol. The predicted octanol–water partition coefficient (Wildman–Crippen LogP) is 1.81. The molecule has 8 heteroatoms. The van der Waals surface area contributed by atoms with Gasteiger partial charge >= 0.3 is 0 Å². The number of nitrogens with zero attached hydrogens (tertiary/aromatic N) is 3. The third-order valence-electron chi connectivity index (χ3n) is 4.54. The van der Waals surface area contributed by atoms with E-state index >= 15 is 0 Å². The van der Waals surface area contributed by atoms with E-state index in [9.17, 15) is 9.18 Å². The molecule has 2 aromatic heterocycles. The zero-order valence-corrected chi connectivity index (χ0v) is 13.7. The molecule has 6 nitrogen and oxygen atoms in total. The molecule has 1 saturated carbocycles. The Morgan fingerprint density at radius 1 is 1.38 bits per heavy atom. The summed E-state index contributed by atoms with van der Waals surface area (Å²) in [6, 6.07) is 3.24. The largest absolute Gasteiger partial charge is 0.352 e. The van der Waals surface area contributed by atoms with Crippen molar-refractivity contribution >= 4 is 17.4 Å². The lowest BCUT2D eigenvalue weighted by atomic mass is 10.1. The number of anilines is 1. The quantitative estimate of drug-likeness (QED) is 0.827. The smallest absolute Gasteiger partial charge is 0.272 e. The van der Waals surface area contributed by atoms with E-state index in [1.54, 1.807) is 6.07 Å². The van der Waals surface area contributed by atoms with Gasteiger partial charge in [-0.25, -0.2) is 9.97 Å². The van der Waals surface area contributed by atoms with Crippen molar-refractivity contribution in [2.24, 2.45) is 5.92 Å². The summed E-state index contributed by atoms with van der Waals surface area (Å²) in [5, 5.41) is 3.59. The maximum atomic E-state index is 13.4. The Morgan fingerprint density at radius 3 is 2.96 bits per heavy atom. The van der Waals surface area contributed by atoms with Crippen molar-refractivity contribution in [1.82, 2.24) is 20.3 Å². The molecule has 3 heterocycles. The van der Waals surface area contributed by atoms with Crippen LogP contribution in [0.1, 0.15) is 12.8 Å². The lowest BCUT2D eigenvalue weighted by molar-refractivity contribution is 0.417. The molecule has 0 radical (unpaired) electrons. The highest BCUT2D eigenvalue weighted by molar-refractivity contribution is 6.32. The van der Waals surface area contributed by atoms with Gasteiger partial charge in [-0.05, 0) is 24.8 Å². The highest BCUT2D eigenvalue weighted by Gasteiger charge is 2.35. The number of halogens is 2. The topological polar surface area (TPSA) is 73.9 Å². The molecule has 24 heavy (non-hydrogen) atoms. The van der Waals surface area contributed by atoms with Crippen LogP contribution in [0.4, 0.5) is 10.2 Å². The Hall–Kier alpha value is -1.99. The van der Waals surface area contributed by atoms with Crippen LogP contribution >= 0.6 is 11.6 Å². The van der Waals surface area contributed by atoms with E-state index in [0.29, 0.717) is 29.2 Å². The van der Waals surface area contributed by atoms with Crippen LogP contribution in [0.2, 0.25) is 5.02 Å². The summed E-state index contributed by atoms with van der Waals surface area (Å²) in [5.74, 6) is 0.826. The van der Waals surface area contributed by atoms with Gasteiger partial charge in [0.05, 0.1) is 0 Å². The number of H-pyrrole nitrogens is 1. The number of pyridine rings is 1. The van der Waals surface area contributed by atoms with Crippen LogP contribution in [0.25, 0.3) is 11.4 Å². The molecule has 0 amide bonds. The van der Waals surface area contributed by atoms with E-state index in [1.165, 1.54) is 25.1 Å². The standard InChI is InChI=1S/C16H17ClFN5O/c17-13-15(23-6-5-19-11(8-23)9-1-2-9)21-14(22-16(13)24)10-3-4-20-12(18)7-10/h3-4,7,9,11,19H,1-2,5-6,8H2,(H,21,22,24)/t11-/m1/s1. The maximum absolute atomic E-state index is 13.4. The van der Waals surface area contributed by atoms with Crippen LogP contribution < -0.4 is 15.8 Å². The van der Waals surface area contributed by atoms with Gasteiger partial charge in [0.1, 0.15) is 10.8 Å². The Morgan fingerprint density at radius 2 is 2.21 bits per heavy atom. The number of piperazine rings is 1. The Balaban J connectivity index is 1.70. The third kappa shape index (κ3) is 3.01. The minimum absolute atomic E-state index is 0.0738. The summed E-state index contributed by atoms with van der Waals surface area (Å²) in [6.07, 6.45) is 3.82. The van der Waals surface area contributed by atoms with Gasteiger partial charge < -0.3 is 15.2 Å². The van der Waals surface area contributed by atoms with E-state index in [-0.39, 0.29) is 5.02 Å². The number of nitrogens with one attached hydrogen (secondary N) is 2. The zero-order valence-electron chi connectivity index (χ0n) is 12.9. The summed E-state index contributed by atoms with van der Waals surface area (Å²) >= 11 is 6.21. The molecule has 4 rings (SSSR count). The van der Waals surface area contributed by atoms with Gasteiger partial charge in [-0.1, -0.05) is 11.6 Å². The summed E-state index contributed by atoms with van der Waals surface area (Å²) in [4.78, 5) is 24.9. The predicted molar refractivity (Wildman–Crippen MR) is 89.8 cm³/mol. The monoisotopic (exact) mass is 349 g/mol. The highest BCUT2D eigenvalue weighted by atomic mass is 35.5. The van der Waals surface area contributed by atoms with E-state index in [1.807, 2.05) is 4.90 Å². The molecule has 2 aromatic rings. The summed E-state index contributed by atoms with van der Waals surface area (Å²) < 4.78 is 13.4. The summed E-state index contributed by atoms with van der Waals surface area (Å²) in [5.41, 5.74) is 0.0433. The molecule has 0 spiro atoms. The Kier molecular flexibility index (Phi) is 3.97. The van der Waals surface area contributed by atoms with E-state index in [2.05, 4.69) is 20.3 Å². The molecule has 1 atom stereocenters. The fraction of sp³-hybridized carbons (Fsp3) is 0.438. The fourth-order valence-corrected chi connectivity index (χ4v) is 3.34. The van der Waals surface area contributed by atoms with Crippen molar-refractivity contribution in [1.29, 1.82) is 0 Å². The molecule has 2 fully saturated rings. The number of aromatic amines is 1. The van der Waals surface area contributed by atoms with Gasteiger partial charge in [0.15, 0.2) is 5.82 Å². The number of rotatable bonds is 3. The van der Waals surface area contributed by atoms with Gasteiger partial charge in [0.25, 0.3) is 5.56 Å². The number of hydrogen-bond acceptors (Lipinski definition) is 5. The van der Waals surface area contributed by atoms with Crippen molar-refractivity contribution in [3.8, 4) is 11.4 Å². The minimum atomic E-state index is -0.623. The van der Waals surface area contributed by atoms with E-state index < -0.39 is 11.5 Å². The van der Waals surface area contributed by atoms with E-state index in [0.717, 1.165) is 19.6 Å². The minimum Gasteiger partial charge on any atom is -0.352 e. The second kappa shape index (κ2) is 6.14. The first-order valence-corrected chi connectivity index (χ1v) is 8.39. The van der Waals surface area contributed by atoms with Crippen molar-refractivity contribution in [2.45, 2.75) is 18.9 Å². The molecule has 0 bridgehead atoms. The van der Waals surface area contributed by atoms with Crippen LogP contribution in [0.15, 0.2) is 23.1 Å². The fourth-order valence-electron chi connectivity index (χ4n) is 3.13. The summed E-state index contributed by atoms with van der Waals surface area (Å²) in [7, 11) is 0. The van der Waals surface area contributed by atoms with Gasteiger partial charge in [0.2, 0.25) is 5.95 Å². The third-order valence-corrected chi connectivity index (χ3v) is 4.88. The SMILES string of the molecule is O=c1[nH]c(-c2ccnc(F)c2)nc(N2CCN[C@@H](C3CC3)C2)c1Cl. The summed E-state index contributed by atoms with van der Waals surface area (Å²) in [6.45, 7) is 2.32. The molecule has 126 valence electrons. The van der Waals surface area contributed by atoms with Crippen molar-refractivity contribution in [3.05, 3.63) is 39.7 Å². The highest BCUT2D eigenvalue weighted by Crippen LogP contribution is 2.35. The molecule has 1 saturated heterocycles. The van der Waals surface area contributed by atoms with Crippen LogP contribution in [0.5, 0.6) is 0 Å². The molecular formula is C16H17ClFN5O. The van der Waals surface area contributed by atoms with Gasteiger partial charge in [0, 0.05) is 43.5 Å². The molecule has 0 aromatic carbocycles. The first-order chi connectivity index (χ1) is 11.6. The second-order valence-electron chi connectivity index (χ2n) is 6.26. The zero-order chi connectivity index (χ0) is 16.7. The van der Waals surface area contributed by atoms with Crippen molar-refractivity contribution in [2.75, 3.05) is 24.5 Å². The van der Waals surface area contributed by atoms with Gasteiger partial charge in [-0.15, -0.1) is 0 Å². The molecule has 2 N–H and O–H groups in total. The van der Waals surface area contributed by atoms with Gasteiger partial charge in [-0.3, -0.25) is 4.79 Å². The van der Waals surface area contributed by atoms with Crippen LogP contribution in [-0.4, -0.2) is 40.6 Å². The Labute approximate surface area is 143 Å². The number of aromatic nitrogens is 3. The lowest BCUT2D eigenvalue weighted by Gasteiger charge is -2.35. The van der Waals surface area contributed by atoms with Crippen molar-refractivity contribution < 1.29 is 4.39 Å². The Bertz CT molecular complexity index is 822. The van der Waals surface area contributed by atoms with Crippen LogP contribution in [0.3, 0.4) is 0 Å². The average molecular weight is 350 g/mol. The van der Waals surface area contributed by atoms with E-state index in [4.69, 9.17) is 11.6 Å². The normalized spacial score (nSPS) is 21.1. The second-order valence-corrected chi connectivity index (χ2v) is 6.64. The molecule has 2 aliphatic rings. The molecule has 1 aliphatic heterocycles.